The number of carbonyl (C=O) groups excluding carboxylic acids is 2. The van der Waals surface area contributed by atoms with Crippen LogP contribution in [0.15, 0.2) is 40.9 Å². The molecule has 0 unspecified atom stereocenters. The summed E-state index contributed by atoms with van der Waals surface area (Å²) in [6, 6.07) is 10.9. The minimum Gasteiger partial charge on any atom is -0.490 e. The molecule has 0 aliphatic carbocycles. The fourth-order valence-corrected chi connectivity index (χ4v) is 3.36. The van der Waals surface area contributed by atoms with E-state index in [4.69, 9.17) is 21.7 Å². The lowest BCUT2D eigenvalue weighted by Crippen LogP contribution is -2.49. The Bertz CT molecular complexity index is 995. The second kappa shape index (κ2) is 11.8. The number of hydrogen-bond donors (Lipinski definition) is 3. The third-order valence-electron chi connectivity index (χ3n) is 4.25. The molecule has 2 aromatic carbocycles. The van der Waals surface area contributed by atoms with E-state index in [9.17, 15) is 9.59 Å². The van der Waals surface area contributed by atoms with Gasteiger partial charge in [0, 0.05) is 5.56 Å². The lowest BCUT2D eigenvalue weighted by atomic mass is 10.0. The number of hydrogen-bond acceptors (Lipinski definition) is 5. The fourth-order valence-electron chi connectivity index (χ4n) is 2.75. The molecule has 0 radical (unpaired) electrons. The summed E-state index contributed by atoms with van der Waals surface area (Å²) in [5, 5.41) is 2.47. The van der Waals surface area contributed by atoms with Crippen LogP contribution in [0.4, 0.5) is 0 Å². The third-order valence-corrected chi connectivity index (χ3v) is 5.07. The van der Waals surface area contributed by atoms with E-state index in [1.54, 1.807) is 18.2 Å². The summed E-state index contributed by atoms with van der Waals surface area (Å²) in [6.45, 7) is 9.72. The molecule has 172 valence electrons. The molecule has 0 bridgehead atoms. The molecule has 2 rings (SSSR count). The summed E-state index contributed by atoms with van der Waals surface area (Å²) in [5.41, 5.74) is 7.37. The molecule has 0 aromatic heterocycles. The van der Waals surface area contributed by atoms with E-state index in [-0.39, 0.29) is 23.7 Å². The van der Waals surface area contributed by atoms with E-state index >= 15 is 0 Å². The van der Waals surface area contributed by atoms with E-state index < -0.39 is 11.8 Å². The summed E-state index contributed by atoms with van der Waals surface area (Å²) in [4.78, 5) is 24.5. The zero-order chi connectivity index (χ0) is 23.8. The minimum absolute atomic E-state index is 0.0122. The van der Waals surface area contributed by atoms with Crippen molar-refractivity contribution < 1.29 is 19.1 Å². The van der Waals surface area contributed by atoms with Crippen LogP contribution in [0.5, 0.6) is 11.5 Å². The number of benzene rings is 2. The van der Waals surface area contributed by atoms with Crippen LogP contribution in [0, 0.1) is 6.92 Å². The average Bonchev–Trinajstić information content (AvgIpc) is 2.71. The predicted octanol–water partition coefficient (Wildman–Crippen LogP) is 4.38. The first-order chi connectivity index (χ1) is 15.1. The van der Waals surface area contributed by atoms with Gasteiger partial charge in [-0.2, -0.15) is 0 Å². The summed E-state index contributed by atoms with van der Waals surface area (Å²) in [7, 11) is 0. The first-order valence-corrected chi connectivity index (χ1v) is 11.4. The number of halogens is 1. The van der Waals surface area contributed by atoms with Gasteiger partial charge in [-0.25, -0.2) is 0 Å². The molecule has 0 heterocycles. The standard InChI is InChI=1S/C23H28BrN3O4S/c1-13(2)17-8-6-15(5)10-20(17)30-12-21(28)26-27-23(32)25-22(29)16-7-9-19(18(24)11-16)31-14(3)4/h6-11,13-14H,12H2,1-5H3,(H,26,28)(H2,25,27,29,32). The second-order valence-electron chi connectivity index (χ2n) is 7.75. The van der Waals surface area contributed by atoms with Crippen molar-refractivity contribution in [3.05, 3.63) is 57.6 Å². The van der Waals surface area contributed by atoms with Gasteiger partial charge in [0.25, 0.3) is 11.8 Å². The Morgan fingerprint density at radius 2 is 1.75 bits per heavy atom. The lowest BCUT2D eigenvalue weighted by molar-refractivity contribution is -0.123. The molecule has 32 heavy (non-hydrogen) atoms. The van der Waals surface area contributed by atoms with Crippen molar-refractivity contribution >= 4 is 45.1 Å². The first-order valence-electron chi connectivity index (χ1n) is 10.2. The Balaban J connectivity index is 1.84. The van der Waals surface area contributed by atoms with Crippen LogP contribution in [0.3, 0.4) is 0 Å². The van der Waals surface area contributed by atoms with Gasteiger partial charge in [0.2, 0.25) is 0 Å². The number of nitrogens with one attached hydrogen (secondary N) is 3. The fraction of sp³-hybridized carbons (Fsp3) is 0.348. The van der Waals surface area contributed by atoms with Crippen LogP contribution in [0.2, 0.25) is 0 Å². The predicted molar refractivity (Wildman–Crippen MR) is 132 cm³/mol. The number of amides is 2. The van der Waals surface area contributed by atoms with Crippen molar-refractivity contribution in [2.24, 2.45) is 0 Å². The monoisotopic (exact) mass is 521 g/mol. The van der Waals surface area contributed by atoms with Crippen LogP contribution in [0.25, 0.3) is 0 Å². The van der Waals surface area contributed by atoms with Crippen LogP contribution >= 0.6 is 28.1 Å². The molecular formula is C23H28BrN3O4S. The highest BCUT2D eigenvalue weighted by atomic mass is 79.9. The highest BCUT2D eigenvalue weighted by molar-refractivity contribution is 9.10. The van der Waals surface area contributed by atoms with Gasteiger partial charge in [0.1, 0.15) is 11.5 Å². The van der Waals surface area contributed by atoms with Gasteiger partial charge in [0.05, 0.1) is 10.6 Å². The van der Waals surface area contributed by atoms with Crippen molar-refractivity contribution in [1.29, 1.82) is 0 Å². The summed E-state index contributed by atoms with van der Waals surface area (Å²) in [5.74, 6) is 0.711. The zero-order valence-corrected chi connectivity index (χ0v) is 21.1. The molecule has 7 nitrogen and oxygen atoms in total. The topological polar surface area (TPSA) is 88.7 Å². The second-order valence-corrected chi connectivity index (χ2v) is 9.02. The smallest absolute Gasteiger partial charge is 0.276 e. The van der Waals surface area contributed by atoms with E-state index in [2.05, 4.69) is 45.9 Å². The maximum Gasteiger partial charge on any atom is 0.276 e. The van der Waals surface area contributed by atoms with Crippen LogP contribution in [-0.4, -0.2) is 29.6 Å². The summed E-state index contributed by atoms with van der Waals surface area (Å²) >= 11 is 8.47. The lowest BCUT2D eigenvalue weighted by Gasteiger charge is -2.15. The molecule has 0 saturated heterocycles. The van der Waals surface area contributed by atoms with Crippen LogP contribution < -0.4 is 25.6 Å². The quantitative estimate of drug-likeness (QED) is 0.370. The minimum atomic E-state index is -0.434. The van der Waals surface area contributed by atoms with E-state index in [0.717, 1.165) is 11.1 Å². The molecule has 2 aromatic rings. The molecule has 0 saturated carbocycles. The Kier molecular flexibility index (Phi) is 9.46. The molecule has 0 fully saturated rings. The highest BCUT2D eigenvalue weighted by Gasteiger charge is 2.13. The van der Waals surface area contributed by atoms with Crippen molar-refractivity contribution in [3.63, 3.8) is 0 Å². The number of thiocarbonyl (C=S) groups is 1. The van der Waals surface area contributed by atoms with Crippen molar-refractivity contribution in [2.75, 3.05) is 6.61 Å². The Morgan fingerprint density at radius 1 is 1.03 bits per heavy atom. The van der Waals surface area contributed by atoms with Crippen LogP contribution in [0.1, 0.15) is 55.1 Å². The number of ether oxygens (including phenoxy) is 2. The van der Waals surface area contributed by atoms with E-state index in [0.29, 0.717) is 21.5 Å². The van der Waals surface area contributed by atoms with E-state index in [1.165, 1.54) is 0 Å². The Morgan fingerprint density at radius 3 is 2.38 bits per heavy atom. The number of rotatable bonds is 7. The van der Waals surface area contributed by atoms with Gasteiger partial charge >= 0.3 is 0 Å². The largest absolute Gasteiger partial charge is 0.490 e. The zero-order valence-electron chi connectivity index (χ0n) is 18.7. The number of carbonyl (C=O) groups is 2. The van der Waals surface area contributed by atoms with Gasteiger partial charge < -0.3 is 9.47 Å². The molecular weight excluding hydrogens is 494 g/mol. The SMILES string of the molecule is Cc1ccc(C(C)C)c(OCC(=O)NNC(=S)NC(=O)c2ccc(OC(C)C)c(Br)c2)c1. The Hall–Kier alpha value is -2.65. The van der Waals surface area contributed by atoms with Crippen LogP contribution in [-0.2, 0) is 4.79 Å². The van der Waals surface area contributed by atoms with Crippen molar-refractivity contribution in [1.82, 2.24) is 16.2 Å². The van der Waals surface area contributed by atoms with Gasteiger partial charge in [-0.1, -0.05) is 26.0 Å². The highest BCUT2D eigenvalue weighted by Crippen LogP contribution is 2.28. The Labute approximate surface area is 202 Å². The normalized spacial score (nSPS) is 10.6. The molecule has 0 spiro atoms. The molecule has 0 atom stereocenters. The molecule has 3 N–H and O–H groups in total. The maximum atomic E-state index is 12.4. The molecule has 0 aliphatic rings. The third kappa shape index (κ3) is 7.80. The number of aryl methyl sites for hydroxylation is 1. The van der Waals surface area contributed by atoms with Crippen molar-refractivity contribution in [2.45, 2.75) is 46.6 Å². The molecule has 9 heteroatoms. The van der Waals surface area contributed by atoms with Gasteiger partial charge in [-0.05, 0) is 90.2 Å². The molecule has 0 aliphatic heterocycles. The summed E-state index contributed by atoms with van der Waals surface area (Å²) < 4.78 is 12.0. The number of hydrazine groups is 1. The summed E-state index contributed by atoms with van der Waals surface area (Å²) in [6.07, 6.45) is 0.0122. The molecule has 2 amide bonds. The van der Waals surface area contributed by atoms with Gasteiger partial charge in [0.15, 0.2) is 11.7 Å². The maximum absolute atomic E-state index is 12.4. The van der Waals surface area contributed by atoms with E-state index in [1.807, 2.05) is 39.0 Å². The van der Waals surface area contributed by atoms with Gasteiger partial charge in [-0.15, -0.1) is 0 Å². The first kappa shape index (κ1) is 25.6. The average molecular weight is 522 g/mol. The van der Waals surface area contributed by atoms with Gasteiger partial charge in [-0.3, -0.25) is 25.8 Å². The van der Waals surface area contributed by atoms with Crippen molar-refractivity contribution in [3.8, 4) is 11.5 Å².